The summed E-state index contributed by atoms with van der Waals surface area (Å²) >= 11 is 0. The molecule has 0 unspecified atom stereocenters. The van der Waals surface area contributed by atoms with E-state index in [1.807, 2.05) is 6.07 Å². The van der Waals surface area contributed by atoms with Gasteiger partial charge in [-0.25, -0.2) is 5.10 Å². The van der Waals surface area contributed by atoms with Gasteiger partial charge in [0.2, 0.25) is 0 Å². The molecule has 0 atom stereocenters. The number of hydrogen-bond acceptors (Lipinski definition) is 4. The van der Waals surface area contributed by atoms with Gasteiger partial charge in [-0.15, -0.1) is 0 Å². The van der Waals surface area contributed by atoms with E-state index >= 15 is 0 Å². The molecule has 2 rings (SSSR count). The van der Waals surface area contributed by atoms with Crippen molar-refractivity contribution in [2.75, 3.05) is 5.32 Å². The predicted molar refractivity (Wildman–Crippen MR) is 68.6 cm³/mol. The fraction of sp³-hybridized carbons (Fsp3) is 0.0769. The Kier molecular flexibility index (Phi) is 3.69. The molecule has 0 bridgehead atoms. The van der Waals surface area contributed by atoms with Crippen LogP contribution in [0, 0.1) is 11.3 Å². The molecule has 0 fully saturated rings. The molecule has 0 spiro atoms. The number of nitriles is 1. The Balaban J connectivity index is 2.11. The van der Waals surface area contributed by atoms with E-state index in [-0.39, 0.29) is 5.56 Å². The lowest BCUT2D eigenvalue weighted by molar-refractivity contribution is 0.102. The molecule has 1 aromatic heterocycles. The topological polar surface area (TPSA) is 98.6 Å². The molecular formula is C13H10N4O2. The van der Waals surface area contributed by atoms with Crippen LogP contribution in [-0.4, -0.2) is 16.1 Å². The molecule has 1 aromatic carbocycles. The highest BCUT2D eigenvalue weighted by Crippen LogP contribution is 2.11. The van der Waals surface area contributed by atoms with Crippen LogP contribution >= 0.6 is 0 Å². The summed E-state index contributed by atoms with van der Waals surface area (Å²) in [6, 6.07) is 10.1. The fourth-order valence-corrected chi connectivity index (χ4v) is 1.50. The third-order valence-corrected chi connectivity index (χ3v) is 2.42. The van der Waals surface area contributed by atoms with Crippen molar-refractivity contribution in [2.45, 2.75) is 6.42 Å². The van der Waals surface area contributed by atoms with Crippen molar-refractivity contribution in [1.82, 2.24) is 10.2 Å². The molecule has 0 aliphatic heterocycles. The number of carbonyl (C=O) groups is 1. The molecule has 0 saturated carbocycles. The van der Waals surface area contributed by atoms with E-state index in [9.17, 15) is 9.59 Å². The minimum absolute atomic E-state index is 0.185. The lowest BCUT2D eigenvalue weighted by Gasteiger charge is -2.05. The second-order valence-corrected chi connectivity index (χ2v) is 3.82. The van der Waals surface area contributed by atoms with Crippen LogP contribution in [0.5, 0.6) is 0 Å². The minimum Gasteiger partial charge on any atom is -0.322 e. The average molecular weight is 254 g/mol. The summed E-state index contributed by atoms with van der Waals surface area (Å²) < 4.78 is 0. The summed E-state index contributed by atoms with van der Waals surface area (Å²) in [5.41, 5.74) is 1.21. The third kappa shape index (κ3) is 3.26. The molecule has 0 saturated heterocycles. The SMILES string of the molecule is N#CCc1ccc(NC(=O)c2cn[nH]c(=O)c2)cc1. The summed E-state index contributed by atoms with van der Waals surface area (Å²) in [5, 5.41) is 16.9. The second kappa shape index (κ2) is 5.60. The van der Waals surface area contributed by atoms with Gasteiger partial charge in [0.1, 0.15) is 0 Å². The monoisotopic (exact) mass is 254 g/mol. The zero-order valence-corrected chi connectivity index (χ0v) is 9.88. The van der Waals surface area contributed by atoms with Gasteiger partial charge in [0, 0.05) is 11.8 Å². The Hall–Kier alpha value is -2.94. The fourth-order valence-electron chi connectivity index (χ4n) is 1.50. The quantitative estimate of drug-likeness (QED) is 0.856. The largest absolute Gasteiger partial charge is 0.322 e. The first-order valence-electron chi connectivity index (χ1n) is 5.51. The molecule has 94 valence electrons. The number of aromatic amines is 1. The van der Waals surface area contributed by atoms with Gasteiger partial charge >= 0.3 is 0 Å². The van der Waals surface area contributed by atoms with Crippen LogP contribution < -0.4 is 10.9 Å². The molecule has 0 aliphatic rings. The van der Waals surface area contributed by atoms with Crippen molar-refractivity contribution < 1.29 is 4.79 Å². The Morgan fingerprint density at radius 3 is 2.74 bits per heavy atom. The first-order valence-corrected chi connectivity index (χ1v) is 5.51. The van der Waals surface area contributed by atoms with E-state index < -0.39 is 11.5 Å². The highest BCUT2D eigenvalue weighted by atomic mass is 16.2. The number of hydrogen-bond donors (Lipinski definition) is 2. The third-order valence-electron chi connectivity index (χ3n) is 2.42. The van der Waals surface area contributed by atoms with Crippen molar-refractivity contribution in [3.05, 3.63) is 58.0 Å². The van der Waals surface area contributed by atoms with E-state index in [1.54, 1.807) is 24.3 Å². The van der Waals surface area contributed by atoms with Crippen molar-refractivity contribution in [3.8, 4) is 6.07 Å². The number of nitrogens with zero attached hydrogens (tertiary/aromatic N) is 2. The van der Waals surface area contributed by atoms with E-state index in [0.29, 0.717) is 12.1 Å². The summed E-state index contributed by atoms with van der Waals surface area (Å²) in [6.07, 6.45) is 1.60. The summed E-state index contributed by atoms with van der Waals surface area (Å²) in [5.74, 6) is -0.411. The van der Waals surface area contributed by atoms with Crippen molar-refractivity contribution in [2.24, 2.45) is 0 Å². The lowest BCUT2D eigenvalue weighted by atomic mass is 10.1. The van der Waals surface area contributed by atoms with Crippen LogP contribution in [0.2, 0.25) is 0 Å². The molecular weight excluding hydrogens is 244 g/mol. The first kappa shape index (κ1) is 12.5. The van der Waals surface area contributed by atoms with Gasteiger partial charge in [0.15, 0.2) is 0 Å². The minimum atomic E-state index is -0.433. The number of carbonyl (C=O) groups excluding carboxylic acids is 1. The zero-order valence-electron chi connectivity index (χ0n) is 9.88. The van der Waals surface area contributed by atoms with E-state index in [2.05, 4.69) is 15.5 Å². The van der Waals surface area contributed by atoms with Crippen LogP contribution in [0.25, 0.3) is 0 Å². The Morgan fingerprint density at radius 1 is 1.37 bits per heavy atom. The number of anilines is 1. The second-order valence-electron chi connectivity index (χ2n) is 3.82. The van der Waals surface area contributed by atoms with Crippen molar-refractivity contribution in [3.63, 3.8) is 0 Å². The number of amides is 1. The van der Waals surface area contributed by atoms with Gasteiger partial charge in [-0.1, -0.05) is 12.1 Å². The zero-order chi connectivity index (χ0) is 13.7. The summed E-state index contributed by atoms with van der Waals surface area (Å²) in [6.45, 7) is 0. The van der Waals surface area contributed by atoms with E-state index in [1.165, 1.54) is 12.3 Å². The molecule has 0 aliphatic carbocycles. The van der Waals surface area contributed by atoms with Gasteiger partial charge in [0.05, 0.1) is 24.3 Å². The number of aromatic nitrogens is 2. The Bertz CT molecular complexity index is 683. The molecule has 1 heterocycles. The van der Waals surface area contributed by atoms with Crippen LogP contribution in [0.4, 0.5) is 5.69 Å². The molecule has 1 amide bonds. The highest BCUT2D eigenvalue weighted by Gasteiger charge is 2.06. The lowest BCUT2D eigenvalue weighted by Crippen LogP contribution is -2.16. The maximum atomic E-state index is 11.8. The molecule has 6 heteroatoms. The van der Waals surface area contributed by atoms with E-state index in [0.717, 1.165) is 5.56 Å². The smallest absolute Gasteiger partial charge is 0.264 e. The number of benzene rings is 1. The standard InChI is InChI=1S/C13H10N4O2/c14-6-5-9-1-3-11(4-2-9)16-13(19)10-7-12(18)17-15-8-10/h1-4,7-8H,5H2,(H,16,19)(H,17,18). The summed E-state index contributed by atoms with van der Waals surface area (Å²) in [4.78, 5) is 22.9. The number of rotatable bonds is 3. The van der Waals surface area contributed by atoms with Gasteiger partial charge in [-0.3, -0.25) is 9.59 Å². The molecule has 19 heavy (non-hydrogen) atoms. The van der Waals surface area contributed by atoms with Crippen molar-refractivity contribution in [1.29, 1.82) is 5.26 Å². The van der Waals surface area contributed by atoms with Crippen LogP contribution in [-0.2, 0) is 6.42 Å². The van der Waals surface area contributed by atoms with Gasteiger partial charge in [0.25, 0.3) is 11.5 Å². The Labute approximate surface area is 108 Å². The highest BCUT2D eigenvalue weighted by molar-refractivity contribution is 6.03. The number of H-pyrrole nitrogens is 1. The maximum Gasteiger partial charge on any atom is 0.264 e. The average Bonchev–Trinajstić information content (AvgIpc) is 2.41. The molecule has 0 radical (unpaired) electrons. The normalized spacial score (nSPS) is 9.63. The Morgan fingerprint density at radius 2 is 2.11 bits per heavy atom. The number of nitrogens with one attached hydrogen (secondary N) is 2. The van der Waals surface area contributed by atoms with Gasteiger partial charge in [-0.05, 0) is 17.7 Å². The predicted octanol–water partition coefficient (Wildman–Crippen LogP) is 1.09. The van der Waals surface area contributed by atoms with E-state index in [4.69, 9.17) is 5.26 Å². The van der Waals surface area contributed by atoms with Crippen LogP contribution in [0.15, 0.2) is 41.3 Å². The molecule has 2 N–H and O–H groups in total. The van der Waals surface area contributed by atoms with Crippen LogP contribution in [0.3, 0.4) is 0 Å². The van der Waals surface area contributed by atoms with Crippen molar-refractivity contribution >= 4 is 11.6 Å². The van der Waals surface area contributed by atoms with Gasteiger partial charge < -0.3 is 5.32 Å². The first-order chi connectivity index (χ1) is 9.19. The molecule has 6 nitrogen and oxygen atoms in total. The van der Waals surface area contributed by atoms with Gasteiger partial charge in [-0.2, -0.15) is 10.4 Å². The maximum absolute atomic E-state index is 11.8. The summed E-state index contributed by atoms with van der Waals surface area (Å²) in [7, 11) is 0. The van der Waals surface area contributed by atoms with Crippen LogP contribution in [0.1, 0.15) is 15.9 Å². The molecule has 2 aromatic rings.